The van der Waals surface area contributed by atoms with Gasteiger partial charge in [0.25, 0.3) is 5.91 Å². The van der Waals surface area contributed by atoms with Crippen molar-refractivity contribution in [3.63, 3.8) is 0 Å². The fourth-order valence-electron chi connectivity index (χ4n) is 2.06. The van der Waals surface area contributed by atoms with Crippen LogP contribution in [-0.2, 0) is 4.79 Å². The van der Waals surface area contributed by atoms with Crippen LogP contribution in [0.15, 0.2) is 42.5 Å². The average molecular weight is 283 g/mol. The fraction of sp³-hybridized carbons (Fsp3) is 0.278. The lowest BCUT2D eigenvalue weighted by Crippen LogP contribution is -2.30. The molecule has 3 nitrogen and oxygen atoms in total. The Bertz CT molecular complexity index is 649. The highest BCUT2D eigenvalue weighted by molar-refractivity contribution is 5.94. The standard InChI is InChI=1S/C18H21NO2/c1-12-7-5-9-16(11-12)19-18(20)15(4)21-17-10-6-8-13(2)14(17)3/h5-11,15H,1-4H3,(H,19,20)/t15-/m0/s1. The predicted octanol–water partition coefficient (Wildman–Crippen LogP) is 4.02. The quantitative estimate of drug-likeness (QED) is 0.920. The molecule has 0 fully saturated rings. The number of carbonyl (C=O) groups is 1. The highest BCUT2D eigenvalue weighted by Gasteiger charge is 2.16. The monoisotopic (exact) mass is 283 g/mol. The van der Waals surface area contributed by atoms with E-state index in [1.807, 2.05) is 63.2 Å². The number of ether oxygens (including phenoxy) is 1. The van der Waals surface area contributed by atoms with Crippen LogP contribution in [0.4, 0.5) is 5.69 Å². The van der Waals surface area contributed by atoms with Gasteiger partial charge in [-0.05, 0) is 62.6 Å². The van der Waals surface area contributed by atoms with Crippen LogP contribution in [0.1, 0.15) is 23.6 Å². The van der Waals surface area contributed by atoms with Crippen LogP contribution >= 0.6 is 0 Å². The molecule has 0 radical (unpaired) electrons. The Hall–Kier alpha value is -2.29. The molecule has 0 saturated carbocycles. The van der Waals surface area contributed by atoms with Crippen LogP contribution in [0, 0.1) is 20.8 Å². The number of anilines is 1. The Morgan fingerprint density at radius 1 is 1.10 bits per heavy atom. The van der Waals surface area contributed by atoms with E-state index in [0.717, 1.165) is 28.1 Å². The third kappa shape index (κ3) is 3.85. The molecule has 0 bridgehead atoms. The van der Waals surface area contributed by atoms with E-state index >= 15 is 0 Å². The molecule has 0 aliphatic heterocycles. The van der Waals surface area contributed by atoms with Gasteiger partial charge in [0.05, 0.1) is 0 Å². The Morgan fingerprint density at radius 3 is 2.52 bits per heavy atom. The number of hydrogen-bond acceptors (Lipinski definition) is 2. The third-order valence-corrected chi connectivity index (χ3v) is 3.51. The van der Waals surface area contributed by atoms with Crippen molar-refractivity contribution in [2.24, 2.45) is 0 Å². The predicted molar refractivity (Wildman–Crippen MR) is 85.8 cm³/mol. The summed E-state index contributed by atoms with van der Waals surface area (Å²) < 4.78 is 5.78. The normalized spacial score (nSPS) is 11.8. The Balaban J connectivity index is 2.04. The molecule has 0 heterocycles. The molecular weight excluding hydrogens is 262 g/mol. The molecule has 21 heavy (non-hydrogen) atoms. The van der Waals surface area contributed by atoms with Crippen molar-refractivity contribution in [1.82, 2.24) is 0 Å². The number of amides is 1. The number of aryl methyl sites for hydroxylation is 2. The molecule has 1 N–H and O–H groups in total. The molecule has 2 aromatic carbocycles. The number of rotatable bonds is 4. The number of carbonyl (C=O) groups excluding carboxylic acids is 1. The summed E-state index contributed by atoms with van der Waals surface area (Å²) in [4.78, 5) is 12.2. The zero-order valence-electron chi connectivity index (χ0n) is 12.9. The van der Waals surface area contributed by atoms with Gasteiger partial charge in [-0.25, -0.2) is 0 Å². The largest absolute Gasteiger partial charge is 0.481 e. The first-order valence-electron chi connectivity index (χ1n) is 7.08. The first kappa shape index (κ1) is 15.1. The number of benzene rings is 2. The molecule has 0 aliphatic rings. The smallest absolute Gasteiger partial charge is 0.265 e. The van der Waals surface area contributed by atoms with E-state index in [1.165, 1.54) is 0 Å². The minimum absolute atomic E-state index is 0.151. The van der Waals surface area contributed by atoms with Gasteiger partial charge in [0.15, 0.2) is 6.10 Å². The van der Waals surface area contributed by atoms with E-state index in [-0.39, 0.29) is 5.91 Å². The van der Waals surface area contributed by atoms with Crippen LogP contribution in [0.2, 0.25) is 0 Å². The molecule has 3 heteroatoms. The van der Waals surface area contributed by atoms with Gasteiger partial charge in [-0.2, -0.15) is 0 Å². The highest BCUT2D eigenvalue weighted by atomic mass is 16.5. The van der Waals surface area contributed by atoms with E-state index < -0.39 is 6.10 Å². The summed E-state index contributed by atoms with van der Waals surface area (Å²) in [6.07, 6.45) is -0.550. The van der Waals surface area contributed by atoms with E-state index in [4.69, 9.17) is 4.74 Å². The molecule has 0 aromatic heterocycles. The van der Waals surface area contributed by atoms with Crippen molar-refractivity contribution in [3.8, 4) is 5.75 Å². The maximum Gasteiger partial charge on any atom is 0.265 e. The fourth-order valence-corrected chi connectivity index (χ4v) is 2.06. The third-order valence-electron chi connectivity index (χ3n) is 3.51. The lowest BCUT2D eigenvalue weighted by atomic mass is 10.1. The first-order chi connectivity index (χ1) is 9.97. The second-order valence-corrected chi connectivity index (χ2v) is 5.32. The molecule has 0 saturated heterocycles. The molecule has 1 amide bonds. The minimum atomic E-state index is -0.550. The SMILES string of the molecule is Cc1cccc(NC(=O)[C@H](C)Oc2cccc(C)c2C)c1. The van der Waals surface area contributed by atoms with Crippen LogP contribution < -0.4 is 10.1 Å². The highest BCUT2D eigenvalue weighted by Crippen LogP contribution is 2.22. The maximum absolute atomic E-state index is 12.2. The van der Waals surface area contributed by atoms with Gasteiger partial charge >= 0.3 is 0 Å². The van der Waals surface area contributed by atoms with Gasteiger partial charge < -0.3 is 10.1 Å². The summed E-state index contributed by atoms with van der Waals surface area (Å²) in [5.41, 5.74) is 4.11. The van der Waals surface area contributed by atoms with Crippen LogP contribution in [0.3, 0.4) is 0 Å². The van der Waals surface area contributed by atoms with Crippen molar-refractivity contribution >= 4 is 11.6 Å². The van der Waals surface area contributed by atoms with Crippen molar-refractivity contribution < 1.29 is 9.53 Å². The second-order valence-electron chi connectivity index (χ2n) is 5.32. The minimum Gasteiger partial charge on any atom is -0.481 e. The van der Waals surface area contributed by atoms with Crippen LogP contribution in [-0.4, -0.2) is 12.0 Å². The van der Waals surface area contributed by atoms with Crippen molar-refractivity contribution in [3.05, 3.63) is 59.2 Å². The van der Waals surface area contributed by atoms with Gasteiger partial charge in [-0.15, -0.1) is 0 Å². The second kappa shape index (κ2) is 6.44. The summed E-state index contributed by atoms with van der Waals surface area (Å²) >= 11 is 0. The summed E-state index contributed by atoms with van der Waals surface area (Å²) in [7, 11) is 0. The molecule has 0 aliphatic carbocycles. The van der Waals surface area contributed by atoms with Gasteiger partial charge in [-0.3, -0.25) is 4.79 Å². The summed E-state index contributed by atoms with van der Waals surface area (Å²) in [6, 6.07) is 13.6. The van der Waals surface area contributed by atoms with Gasteiger partial charge in [0.1, 0.15) is 5.75 Å². The molecule has 0 unspecified atom stereocenters. The lowest BCUT2D eigenvalue weighted by molar-refractivity contribution is -0.122. The molecule has 0 spiro atoms. The average Bonchev–Trinajstić information content (AvgIpc) is 2.44. The topological polar surface area (TPSA) is 38.3 Å². The Labute approximate surface area is 126 Å². The van der Waals surface area contributed by atoms with Crippen molar-refractivity contribution in [1.29, 1.82) is 0 Å². The molecule has 1 atom stereocenters. The van der Waals surface area contributed by atoms with Gasteiger partial charge in [0, 0.05) is 5.69 Å². The zero-order valence-corrected chi connectivity index (χ0v) is 12.9. The summed E-state index contributed by atoms with van der Waals surface area (Å²) in [5.74, 6) is 0.600. The van der Waals surface area contributed by atoms with Crippen LogP contribution in [0.25, 0.3) is 0 Å². The summed E-state index contributed by atoms with van der Waals surface area (Å²) in [6.45, 7) is 7.77. The van der Waals surface area contributed by atoms with E-state index in [0.29, 0.717) is 0 Å². The molecule has 2 rings (SSSR count). The molecule has 2 aromatic rings. The lowest BCUT2D eigenvalue weighted by Gasteiger charge is -2.17. The van der Waals surface area contributed by atoms with Gasteiger partial charge in [-0.1, -0.05) is 24.3 Å². The number of nitrogens with one attached hydrogen (secondary N) is 1. The Kier molecular flexibility index (Phi) is 4.63. The summed E-state index contributed by atoms with van der Waals surface area (Å²) in [5, 5.41) is 2.87. The van der Waals surface area contributed by atoms with E-state index in [9.17, 15) is 4.79 Å². The number of hydrogen-bond donors (Lipinski definition) is 1. The molecule has 110 valence electrons. The van der Waals surface area contributed by atoms with E-state index in [2.05, 4.69) is 5.32 Å². The van der Waals surface area contributed by atoms with E-state index in [1.54, 1.807) is 6.92 Å². The maximum atomic E-state index is 12.2. The van der Waals surface area contributed by atoms with Crippen molar-refractivity contribution in [2.75, 3.05) is 5.32 Å². The first-order valence-corrected chi connectivity index (χ1v) is 7.08. The van der Waals surface area contributed by atoms with Crippen molar-refractivity contribution in [2.45, 2.75) is 33.8 Å². The van der Waals surface area contributed by atoms with Gasteiger partial charge in [0.2, 0.25) is 0 Å². The van der Waals surface area contributed by atoms with Crippen LogP contribution in [0.5, 0.6) is 5.75 Å². The zero-order chi connectivity index (χ0) is 15.4. The molecular formula is C18H21NO2. The Morgan fingerprint density at radius 2 is 1.81 bits per heavy atom.